The molecule has 0 saturated heterocycles. The Labute approximate surface area is 239 Å². The van der Waals surface area contributed by atoms with Gasteiger partial charge in [-0.05, 0) is 66.3 Å². The third-order valence-electron chi connectivity index (χ3n) is 7.49. The monoisotopic (exact) mass is 603 g/mol. The lowest BCUT2D eigenvalue weighted by Crippen LogP contribution is -2.36. The number of carboxylic acid groups (broad SMARTS) is 1. The molecule has 1 aromatic carbocycles. The fourth-order valence-electron chi connectivity index (χ4n) is 5.20. The van der Waals surface area contributed by atoms with Crippen LogP contribution in [0.15, 0.2) is 53.7 Å². The summed E-state index contributed by atoms with van der Waals surface area (Å²) in [4.78, 5) is 16.0. The minimum atomic E-state index is -4.72. The average molecular weight is 604 g/mol. The number of hydrogen-bond acceptors (Lipinski definition) is 7. The summed E-state index contributed by atoms with van der Waals surface area (Å²) < 4.78 is 75.6. The van der Waals surface area contributed by atoms with E-state index in [4.69, 9.17) is 4.74 Å². The van der Waals surface area contributed by atoms with Crippen molar-refractivity contribution in [3.05, 3.63) is 82.4 Å². The molecular formula is C28H28F3N5O5S. The average Bonchev–Trinajstić information content (AvgIpc) is 3.34. The summed E-state index contributed by atoms with van der Waals surface area (Å²) in [6, 6.07) is 9.70. The van der Waals surface area contributed by atoms with E-state index in [0.29, 0.717) is 28.7 Å². The molecule has 0 spiro atoms. The van der Waals surface area contributed by atoms with Crippen LogP contribution in [0.1, 0.15) is 59.3 Å². The molecule has 4 heterocycles. The van der Waals surface area contributed by atoms with Gasteiger partial charge in [-0.3, -0.25) is 9.20 Å². The van der Waals surface area contributed by atoms with Crippen molar-refractivity contribution in [1.29, 1.82) is 0 Å². The molecule has 1 aliphatic rings. The lowest BCUT2D eigenvalue weighted by atomic mass is 9.85. The fourth-order valence-corrected chi connectivity index (χ4v) is 6.72. The molecule has 0 saturated carbocycles. The van der Waals surface area contributed by atoms with Gasteiger partial charge in [-0.25, -0.2) is 13.4 Å². The zero-order valence-electron chi connectivity index (χ0n) is 23.0. The van der Waals surface area contributed by atoms with Crippen LogP contribution in [-0.4, -0.2) is 56.0 Å². The Morgan fingerprint density at radius 2 is 1.95 bits per heavy atom. The van der Waals surface area contributed by atoms with Gasteiger partial charge in [-0.15, -0.1) is 10.2 Å². The summed E-state index contributed by atoms with van der Waals surface area (Å²) in [5.41, 5.74) is 2.80. The number of fused-ring (bicyclic) bond motifs is 2. The number of carboxylic acids is 1. The second kappa shape index (κ2) is 11.0. The van der Waals surface area contributed by atoms with Gasteiger partial charge in [0.15, 0.2) is 5.65 Å². The zero-order chi connectivity index (χ0) is 30.4. The van der Waals surface area contributed by atoms with Crippen LogP contribution in [-0.2, 0) is 27.5 Å². The fraction of sp³-hybridized carbons (Fsp3) is 0.357. The first-order chi connectivity index (χ1) is 19.8. The topological polar surface area (TPSA) is 127 Å². The van der Waals surface area contributed by atoms with E-state index in [1.54, 1.807) is 25.1 Å². The number of aryl methyl sites for hydroxylation is 2. The molecule has 1 aliphatic heterocycles. The largest absolute Gasteiger partial charge is 0.481 e. The molecule has 3 aromatic heterocycles. The number of aromatic nitrogens is 4. The van der Waals surface area contributed by atoms with E-state index in [1.165, 1.54) is 34.9 Å². The predicted molar refractivity (Wildman–Crippen MR) is 145 cm³/mol. The maximum atomic E-state index is 13.7. The highest BCUT2D eigenvalue weighted by atomic mass is 32.2. The number of rotatable bonds is 7. The molecule has 10 nitrogen and oxygen atoms in total. The van der Waals surface area contributed by atoms with Gasteiger partial charge in [-0.1, -0.05) is 25.1 Å². The van der Waals surface area contributed by atoms with Gasteiger partial charge >= 0.3 is 12.1 Å². The van der Waals surface area contributed by atoms with Crippen molar-refractivity contribution in [3.63, 3.8) is 0 Å². The predicted octanol–water partition coefficient (Wildman–Crippen LogP) is 4.73. The van der Waals surface area contributed by atoms with Crippen molar-refractivity contribution in [2.45, 2.75) is 63.3 Å². The van der Waals surface area contributed by atoms with Gasteiger partial charge in [0.1, 0.15) is 11.0 Å². The van der Waals surface area contributed by atoms with Crippen molar-refractivity contribution in [3.8, 4) is 5.88 Å². The number of benzene rings is 1. The highest BCUT2D eigenvalue weighted by Crippen LogP contribution is 2.36. The first kappa shape index (κ1) is 29.5. The molecule has 0 radical (unpaired) electrons. The standard InChI is InChI=1S/C28H28F3N5O5S/c1-4-20-15-35(42(39,40)23-6-5-10-32-26(23)41-20)14-19-12-18(8-7-16(19)2)22(13-24(37)38)21-9-11-36-25(17(21)3)33-34-27(36)28(29,30)31/h5-12,20,22H,4,13-15H2,1-3H3,(H,37,38)/t20-,22?/m1/s1. The van der Waals surface area contributed by atoms with Gasteiger partial charge in [-0.2, -0.15) is 17.5 Å². The summed E-state index contributed by atoms with van der Waals surface area (Å²) in [6.45, 7) is 5.36. The summed E-state index contributed by atoms with van der Waals surface area (Å²) in [7, 11) is -3.98. The molecule has 1 unspecified atom stereocenters. The number of alkyl halides is 3. The van der Waals surface area contributed by atoms with Gasteiger partial charge in [0.2, 0.25) is 21.7 Å². The Morgan fingerprint density at radius 1 is 1.19 bits per heavy atom. The van der Waals surface area contributed by atoms with Crippen LogP contribution < -0.4 is 4.74 Å². The van der Waals surface area contributed by atoms with Crippen LogP contribution in [0.4, 0.5) is 13.2 Å². The number of pyridine rings is 2. The third-order valence-corrected chi connectivity index (χ3v) is 9.32. The molecule has 42 heavy (non-hydrogen) atoms. The Kier molecular flexibility index (Phi) is 7.70. The summed E-state index contributed by atoms with van der Waals surface area (Å²) >= 11 is 0. The normalized spacial score (nSPS) is 17.8. The minimum Gasteiger partial charge on any atom is -0.481 e. The van der Waals surface area contributed by atoms with Crippen molar-refractivity contribution in [2.75, 3.05) is 6.54 Å². The first-order valence-electron chi connectivity index (χ1n) is 13.2. The van der Waals surface area contributed by atoms with Crippen LogP contribution in [0.3, 0.4) is 0 Å². The van der Waals surface area contributed by atoms with Crippen molar-refractivity contribution >= 4 is 21.6 Å². The van der Waals surface area contributed by atoms with Gasteiger partial charge in [0.05, 0.1) is 13.0 Å². The van der Waals surface area contributed by atoms with E-state index in [2.05, 4.69) is 15.2 Å². The summed E-state index contributed by atoms with van der Waals surface area (Å²) in [5.74, 6) is -2.99. The van der Waals surface area contributed by atoms with Crippen molar-refractivity contribution in [2.24, 2.45) is 0 Å². The third kappa shape index (κ3) is 5.43. The summed E-state index contributed by atoms with van der Waals surface area (Å²) in [6.07, 6.45) is -2.31. The van der Waals surface area contributed by atoms with Gasteiger partial charge in [0, 0.05) is 24.9 Å². The number of nitrogens with zero attached hydrogens (tertiary/aromatic N) is 5. The highest BCUT2D eigenvalue weighted by molar-refractivity contribution is 7.89. The van der Waals surface area contributed by atoms with Crippen LogP contribution >= 0.6 is 0 Å². The summed E-state index contributed by atoms with van der Waals surface area (Å²) in [5, 5.41) is 16.8. The lowest BCUT2D eigenvalue weighted by molar-refractivity contribution is -0.145. The number of ether oxygens (including phenoxy) is 1. The lowest BCUT2D eigenvalue weighted by Gasteiger charge is -2.25. The molecule has 0 fully saturated rings. The van der Waals surface area contributed by atoms with E-state index in [9.17, 15) is 31.5 Å². The van der Waals surface area contributed by atoms with Crippen LogP contribution in [0.5, 0.6) is 5.88 Å². The molecule has 0 amide bonds. The quantitative estimate of drug-likeness (QED) is 0.321. The Morgan fingerprint density at radius 3 is 2.64 bits per heavy atom. The van der Waals surface area contributed by atoms with Crippen LogP contribution in [0.25, 0.3) is 5.65 Å². The smallest absolute Gasteiger partial charge is 0.452 e. The second-order valence-corrected chi connectivity index (χ2v) is 12.1. The molecule has 0 bridgehead atoms. The first-order valence-corrected chi connectivity index (χ1v) is 14.6. The number of sulfonamides is 1. The van der Waals surface area contributed by atoms with E-state index < -0.39 is 40.0 Å². The van der Waals surface area contributed by atoms with E-state index in [0.717, 1.165) is 9.96 Å². The van der Waals surface area contributed by atoms with Gasteiger partial charge < -0.3 is 9.84 Å². The Hall–Kier alpha value is -4.04. The van der Waals surface area contributed by atoms with E-state index in [-0.39, 0.29) is 35.9 Å². The molecule has 222 valence electrons. The maximum absolute atomic E-state index is 13.7. The molecule has 4 aromatic rings. The SMILES string of the molecule is CC[C@@H]1CN(Cc2cc(C(CC(=O)O)c3ccn4c(C(F)(F)F)nnc4c3C)ccc2C)S(=O)(=O)c2cccnc2O1. The van der Waals surface area contributed by atoms with Crippen LogP contribution in [0.2, 0.25) is 0 Å². The number of carbonyl (C=O) groups is 1. The minimum absolute atomic E-state index is 0.00682. The molecular weight excluding hydrogens is 575 g/mol. The van der Waals surface area contributed by atoms with E-state index in [1.807, 2.05) is 13.8 Å². The highest BCUT2D eigenvalue weighted by Gasteiger charge is 2.38. The molecule has 14 heteroatoms. The van der Waals surface area contributed by atoms with Crippen molar-refractivity contribution in [1.82, 2.24) is 23.9 Å². The number of aliphatic carboxylic acids is 1. The van der Waals surface area contributed by atoms with Crippen molar-refractivity contribution < 1.29 is 36.2 Å². The number of halogens is 3. The molecule has 2 atom stereocenters. The molecule has 5 rings (SSSR count). The van der Waals surface area contributed by atoms with E-state index >= 15 is 0 Å². The second-order valence-electron chi connectivity index (χ2n) is 10.2. The number of hydrogen-bond donors (Lipinski definition) is 1. The van der Waals surface area contributed by atoms with Gasteiger partial charge in [0.25, 0.3) is 0 Å². The maximum Gasteiger partial charge on any atom is 0.452 e. The Bertz CT molecular complexity index is 1770. The zero-order valence-corrected chi connectivity index (χ0v) is 23.8. The van der Waals surface area contributed by atoms with Crippen LogP contribution in [0, 0.1) is 13.8 Å². The molecule has 0 aliphatic carbocycles. The molecule has 1 N–H and O–H groups in total. The Balaban J connectivity index is 1.56.